The Hall–Kier alpha value is -2.24. The fourth-order valence-corrected chi connectivity index (χ4v) is 2.34. The number of fused-ring (bicyclic) bond motifs is 1. The number of aromatic nitrogens is 1. The molecule has 4 nitrogen and oxygen atoms in total. The van der Waals surface area contributed by atoms with E-state index in [-0.39, 0.29) is 11.4 Å². The minimum Gasteiger partial charge on any atom is -0.360 e. The molecule has 0 saturated heterocycles. The molecule has 0 radical (unpaired) electrons. The Labute approximate surface area is 113 Å². The SMILES string of the molecule is O=C(Nc1ccc(F)cc1F)c1noc2c1CCCC2. The van der Waals surface area contributed by atoms with E-state index < -0.39 is 17.5 Å². The molecule has 1 aliphatic rings. The second-order valence-corrected chi connectivity index (χ2v) is 4.72. The van der Waals surface area contributed by atoms with Crippen LogP contribution < -0.4 is 5.32 Å². The molecular weight excluding hydrogens is 266 g/mol. The van der Waals surface area contributed by atoms with Gasteiger partial charge < -0.3 is 9.84 Å². The lowest BCUT2D eigenvalue weighted by Gasteiger charge is -2.09. The highest BCUT2D eigenvalue weighted by Crippen LogP contribution is 2.25. The molecule has 0 aliphatic heterocycles. The number of carbonyl (C=O) groups excluding carboxylic acids is 1. The van der Waals surface area contributed by atoms with Crippen molar-refractivity contribution in [1.82, 2.24) is 5.16 Å². The number of nitrogens with zero attached hydrogens (tertiary/aromatic N) is 1. The lowest BCUT2D eigenvalue weighted by molar-refractivity contribution is 0.101. The minimum absolute atomic E-state index is 0.0797. The van der Waals surface area contributed by atoms with Gasteiger partial charge in [-0.2, -0.15) is 0 Å². The summed E-state index contributed by atoms with van der Waals surface area (Å²) in [6.07, 6.45) is 3.48. The number of benzene rings is 1. The van der Waals surface area contributed by atoms with Crippen LogP contribution in [0.1, 0.15) is 34.7 Å². The molecule has 1 N–H and O–H groups in total. The smallest absolute Gasteiger partial charge is 0.278 e. The highest BCUT2D eigenvalue weighted by Gasteiger charge is 2.24. The van der Waals surface area contributed by atoms with Crippen LogP contribution in [0.3, 0.4) is 0 Å². The quantitative estimate of drug-likeness (QED) is 0.918. The topological polar surface area (TPSA) is 55.1 Å². The average Bonchev–Trinajstić information content (AvgIpc) is 2.86. The fourth-order valence-electron chi connectivity index (χ4n) is 2.34. The zero-order chi connectivity index (χ0) is 14.1. The van der Waals surface area contributed by atoms with Crippen molar-refractivity contribution in [1.29, 1.82) is 0 Å². The number of hydrogen-bond donors (Lipinski definition) is 1. The third-order valence-electron chi connectivity index (χ3n) is 3.34. The Bertz CT molecular complexity index is 667. The zero-order valence-electron chi connectivity index (χ0n) is 10.6. The van der Waals surface area contributed by atoms with Crippen LogP contribution in [0.2, 0.25) is 0 Å². The second-order valence-electron chi connectivity index (χ2n) is 4.72. The number of amides is 1. The van der Waals surface area contributed by atoms with E-state index in [1.807, 2.05) is 0 Å². The van der Waals surface area contributed by atoms with Gasteiger partial charge in [0, 0.05) is 18.1 Å². The monoisotopic (exact) mass is 278 g/mol. The van der Waals surface area contributed by atoms with Crippen LogP contribution in [-0.2, 0) is 12.8 Å². The molecule has 0 unspecified atom stereocenters. The maximum Gasteiger partial charge on any atom is 0.278 e. The van der Waals surface area contributed by atoms with Crippen LogP contribution in [0, 0.1) is 11.6 Å². The Morgan fingerprint density at radius 2 is 2.05 bits per heavy atom. The highest BCUT2D eigenvalue weighted by atomic mass is 19.1. The van der Waals surface area contributed by atoms with E-state index in [0.717, 1.165) is 43.1 Å². The third kappa shape index (κ3) is 2.29. The lowest BCUT2D eigenvalue weighted by Crippen LogP contribution is -2.16. The highest BCUT2D eigenvalue weighted by molar-refractivity contribution is 6.04. The molecule has 2 aromatic rings. The first-order valence-electron chi connectivity index (χ1n) is 6.39. The molecular formula is C14H12F2N2O2. The number of anilines is 1. The molecule has 0 fully saturated rings. The van der Waals surface area contributed by atoms with E-state index in [2.05, 4.69) is 10.5 Å². The van der Waals surface area contributed by atoms with Gasteiger partial charge in [0.1, 0.15) is 17.4 Å². The van der Waals surface area contributed by atoms with Crippen LogP contribution >= 0.6 is 0 Å². The first kappa shape index (κ1) is 12.8. The van der Waals surface area contributed by atoms with E-state index in [0.29, 0.717) is 6.07 Å². The normalized spacial score (nSPS) is 13.9. The molecule has 0 saturated carbocycles. The number of carbonyl (C=O) groups is 1. The summed E-state index contributed by atoms with van der Waals surface area (Å²) in [4.78, 5) is 12.1. The van der Waals surface area contributed by atoms with Gasteiger partial charge in [-0.3, -0.25) is 4.79 Å². The van der Waals surface area contributed by atoms with Gasteiger partial charge in [-0.1, -0.05) is 5.16 Å². The maximum absolute atomic E-state index is 13.5. The van der Waals surface area contributed by atoms with Crippen LogP contribution in [-0.4, -0.2) is 11.1 Å². The van der Waals surface area contributed by atoms with Gasteiger partial charge in [-0.25, -0.2) is 8.78 Å². The van der Waals surface area contributed by atoms with Gasteiger partial charge in [0.05, 0.1) is 5.69 Å². The average molecular weight is 278 g/mol. The summed E-state index contributed by atoms with van der Waals surface area (Å²) in [7, 11) is 0. The van der Waals surface area contributed by atoms with Crippen molar-refractivity contribution in [3.8, 4) is 0 Å². The predicted molar refractivity (Wildman–Crippen MR) is 67.5 cm³/mol. The van der Waals surface area contributed by atoms with Crippen molar-refractivity contribution in [3.05, 3.63) is 46.9 Å². The second kappa shape index (κ2) is 5.03. The maximum atomic E-state index is 13.5. The van der Waals surface area contributed by atoms with Gasteiger partial charge in [-0.05, 0) is 31.4 Å². The van der Waals surface area contributed by atoms with Crippen molar-refractivity contribution in [2.45, 2.75) is 25.7 Å². The Kier molecular flexibility index (Phi) is 3.22. The fraction of sp³-hybridized carbons (Fsp3) is 0.286. The summed E-state index contributed by atoms with van der Waals surface area (Å²) in [6, 6.07) is 2.97. The molecule has 0 bridgehead atoms. The zero-order valence-corrected chi connectivity index (χ0v) is 10.6. The molecule has 20 heavy (non-hydrogen) atoms. The van der Waals surface area contributed by atoms with Crippen molar-refractivity contribution in [2.24, 2.45) is 0 Å². The lowest BCUT2D eigenvalue weighted by atomic mass is 9.96. The van der Waals surface area contributed by atoms with Crippen molar-refractivity contribution in [3.63, 3.8) is 0 Å². The molecule has 3 rings (SSSR count). The summed E-state index contributed by atoms with van der Waals surface area (Å²) < 4.78 is 31.4. The Morgan fingerprint density at radius 3 is 2.85 bits per heavy atom. The third-order valence-corrected chi connectivity index (χ3v) is 3.34. The van der Waals surface area contributed by atoms with Crippen molar-refractivity contribution < 1.29 is 18.1 Å². The summed E-state index contributed by atoms with van der Waals surface area (Å²) in [5.74, 6) is -1.33. The van der Waals surface area contributed by atoms with E-state index in [4.69, 9.17) is 4.52 Å². The molecule has 1 heterocycles. The van der Waals surface area contributed by atoms with Crippen LogP contribution in [0.5, 0.6) is 0 Å². The first-order valence-corrected chi connectivity index (χ1v) is 6.39. The Morgan fingerprint density at radius 1 is 1.25 bits per heavy atom. The van der Waals surface area contributed by atoms with Crippen LogP contribution in [0.25, 0.3) is 0 Å². The van der Waals surface area contributed by atoms with Gasteiger partial charge >= 0.3 is 0 Å². The standard InChI is InChI=1S/C14H12F2N2O2/c15-8-5-6-11(10(16)7-8)17-14(19)13-9-3-1-2-4-12(9)20-18-13/h5-7H,1-4H2,(H,17,19). The molecule has 1 amide bonds. The molecule has 1 aromatic carbocycles. The largest absolute Gasteiger partial charge is 0.360 e. The molecule has 104 valence electrons. The number of nitrogens with one attached hydrogen (secondary N) is 1. The van der Waals surface area contributed by atoms with Crippen molar-refractivity contribution in [2.75, 3.05) is 5.32 Å². The van der Waals surface area contributed by atoms with E-state index in [1.54, 1.807) is 0 Å². The van der Waals surface area contributed by atoms with Gasteiger partial charge in [-0.15, -0.1) is 0 Å². The molecule has 1 aromatic heterocycles. The van der Waals surface area contributed by atoms with E-state index >= 15 is 0 Å². The van der Waals surface area contributed by atoms with E-state index in [9.17, 15) is 13.6 Å². The van der Waals surface area contributed by atoms with Gasteiger partial charge in [0.15, 0.2) is 5.69 Å². The number of hydrogen-bond acceptors (Lipinski definition) is 3. The first-order chi connectivity index (χ1) is 9.65. The predicted octanol–water partition coefficient (Wildman–Crippen LogP) is 3.08. The number of rotatable bonds is 2. The minimum atomic E-state index is -0.823. The van der Waals surface area contributed by atoms with Crippen LogP contribution in [0.15, 0.2) is 22.7 Å². The summed E-state index contributed by atoms with van der Waals surface area (Å²) in [6.45, 7) is 0. The van der Waals surface area contributed by atoms with Gasteiger partial charge in [0.25, 0.3) is 5.91 Å². The van der Waals surface area contributed by atoms with E-state index in [1.165, 1.54) is 6.07 Å². The molecule has 6 heteroatoms. The van der Waals surface area contributed by atoms with Gasteiger partial charge in [0.2, 0.25) is 0 Å². The summed E-state index contributed by atoms with van der Waals surface area (Å²) in [5.41, 5.74) is 0.892. The van der Waals surface area contributed by atoms with Crippen molar-refractivity contribution >= 4 is 11.6 Å². The number of aryl methyl sites for hydroxylation is 1. The molecule has 0 atom stereocenters. The summed E-state index contributed by atoms with van der Waals surface area (Å²) in [5, 5.41) is 6.14. The molecule has 1 aliphatic carbocycles. The molecule has 0 spiro atoms. The summed E-state index contributed by atoms with van der Waals surface area (Å²) >= 11 is 0. The number of halogens is 2. The Balaban J connectivity index is 1.84. The van der Waals surface area contributed by atoms with Crippen LogP contribution in [0.4, 0.5) is 14.5 Å².